The minimum Gasteiger partial charge on any atom is -0.312 e. The summed E-state index contributed by atoms with van der Waals surface area (Å²) in [5.74, 6) is 1.65. The van der Waals surface area contributed by atoms with E-state index in [9.17, 15) is 0 Å². The molecule has 1 N–H and O–H groups in total. The summed E-state index contributed by atoms with van der Waals surface area (Å²) in [6.07, 6.45) is 4.09. The van der Waals surface area contributed by atoms with Crippen LogP contribution in [0.3, 0.4) is 0 Å². The van der Waals surface area contributed by atoms with Gasteiger partial charge in [0.15, 0.2) is 0 Å². The van der Waals surface area contributed by atoms with Crippen LogP contribution in [0.4, 0.5) is 0 Å². The van der Waals surface area contributed by atoms with Crippen LogP contribution in [0.2, 0.25) is 0 Å². The fourth-order valence-electron chi connectivity index (χ4n) is 2.94. The fraction of sp³-hybridized carbons (Fsp3) is 1.00. The molecule has 0 spiro atoms. The van der Waals surface area contributed by atoms with Gasteiger partial charge in [0.2, 0.25) is 0 Å². The average molecular weight is 254 g/mol. The van der Waals surface area contributed by atoms with Crippen molar-refractivity contribution in [1.82, 2.24) is 10.2 Å². The van der Waals surface area contributed by atoms with Crippen LogP contribution in [0.1, 0.15) is 60.8 Å². The number of rotatable bonds is 6. The maximum atomic E-state index is 3.66. The third-order valence-electron chi connectivity index (χ3n) is 4.30. The van der Waals surface area contributed by atoms with Crippen molar-refractivity contribution in [1.29, 1.82) is 0 Å². The number of hydrogen-bond acceptors (Lipinski definition) is 2. The van der Waals surface area contributed by atoms with Crippen molar-refractivity contribution >= 4 is 0 Å². The molecule has 1 saturated carbocycles. The van der Waals surface area contributed by atoms with Crippen LogP contribution in [0.25, 0.3) is 0 Å². The molecule has 0 saturated heterocycles. The lowest BCUT2D eigenvalue weighted by Crippen LogP contribution is -2.53. The van der Waals surface area contributed by atoms with Crippen molar-refractivity contribution < 1.29 is 0 Å². The van der Waals surface area contributed by atoms with E-state index in [-0.39, 0.29) is 5.54 Å². The fourth-order valence-corrected chi connectivity index (χ4v) is 2.94. The minimum atomic E-state index is 0.252. The first-order valence-electron chi connectivity index (χ1n) is 7.67. The third kappa shape index (κ3) is 4.89. The molecule has 0 bridgehead atoms. The van der Waals surface area contributed by atoms with Crippen molar-refractivity contribution in [3.63, 3.8) is 0 Å². The molecule has 0 aromatic heterocycles. The molecule has 108 valence electrons. The summed E-state index contributed by atoms with van der Waals surface area (Å²) >= 11 is 0. The molecule has 1 fully saturated rings. The SMILES string of the molecule is CC(C)CC(C)N(C)C1CCC1CNC(C)(C)C. The second-order valence-electron chi connectivity index (χ2n) is 7.68. The lowest BCUT2D eigenvalue weighted by Gasteiger charge is -2.46. The molecule has 1 aliphatic carbocycles. The van der Waals surface area contributed by atoms with Gasteiger partial charge in [0.05, 0.1) is 0 Å². The Morgan fingerprint density at radius 1 is 1.17 bits per heavy atom. The van der Waals surface area contributed by atoms with E-state index in [1.54, 1.807) is 0 Å². The van der Waals surface area contributed by atoms with E-state index < -0.39 is 0 Å². The summed E-state index contributed by atoms with van der Waals surface area (Å²) in [6, 6.07) is 1.51. The van der Waals surface area contributed by atoms with Crippen molar-refractivity contribution in [3.05, 3.63) is 0 Å². The van der Waals surface area contributed by atoms with Crippen LogP contribution in [-0.4, -0.2) is 36.1 Å². The zero-order valence-corrected chi connectivity index (χ0v) is 13.6. The molecule has 2 nitrogen and oxygen atoms in total. The Morgan fingerprint density at radius 3 is 2.17 bits per heavy atom. The quantitative estimate of drug-likeness (QED) is 0.780. The smallest absolute Gasteiger partial charge is 0.0135 e. The van der Waals surface area contributed by atoms with Crippen LogP contribution in [0.15, 0.2) is 0 Å². The molecule has 18 heavy (non-hydrogen) atoms. The van der Waals surface area contributed by atoms with Gasteiger partial charge >= 0.3 is 0 Å². The summed E-state index contributed by atoms with van der Waals surface area (Å²) in [5, 5.41) is 3.66. The van der Waals surface area contributed by atoms with Gasteiger partial charge in [0.25, 0.3) is 0 Å². The van der Waals surface area contributed by atoms with Gasteiger partial charge in [-0.25, -0.2) is 0 Å². The lowest BCUT2D eigenvalue weighted by molar-refractivity contribution is 0.0455. The second-order valence-corrected chi connectivity index (χ2v) is 7.68. The monoisotopic (exact) mass is 254 g/mol. The molecule has 0 aromatic carbocycles. The van der Waals surface area contributed by atoms with Crippen LogP contribution >= 0.6 is 0 Å². The van der Waals surface area contributed by atoms with Crippen LogP contribution in [-0.2, 0) is 0 Å². The molecule has 0 amide bonds. The highest BCUT2D eigenvalue weighted by atomic mass is 15.2. The zero-order chi connectivity index (χ0) is 13.9. The standard InChI is InChI=1S/C16H34N2/c1-12(2)10-13(3)18(7)15-9-8-14(15)11-17-16(4,5)6/h12-15,17H,8-11H2,1-7H3. The van der Waals surface area contributed by atoms with Crippen LogP contribution < -0.4 is 5.32 Å². The van der Waals surface area contributed by atoms with E-state index in [1.807, 2.05) is 0 Å². The molecule has 3 atom stereocenters. The minimum absolute atomic E-state index is 0.252. The van der Waals surface area contributed by atoms with Crippen molar-refractivity contribution in [2.45, 2.75) is 78.4 Å². The Hall–Kier alpha value is -0.0800. The lowest BCUT2D eigenvalue weighted by atomic mass is 9.77. The normalized spacial score (nSPS) is 26.5. The molecule has 1 aliphatic rings. The Bertz CT molecular complexity index is 242. The van der Waals surface area contributed by atoms with E-state index >= 15 is 0 Å². The van der Waals surface area contributed by atoms with Gasteiger partial charge in [-0.1, -0.05) is 13.8 Å². The third-order valence-corrected chi connectivity index (χ3v) is 4.30. The Balaban J connectivity index is 2.37. The van der Waals surface area contributed by atoms with Crippen molar-refractivity contribution in [3.8, 4) is 0 Å². The first kappa shape index (κ1) is 16.0. The molecule has 0 radical (unpaired) electrons. The molecule has 0 aliphatic heterocycles. The Labute approximate surface area is 115 Å². The number of nitrogens with one attached hydrogen (secondary N) is 1. The predicted octanol–water partition coefficient (Wildman–Crippen LogP) is 3.52. The van der Waals surface area contributed by atoms with E-state index in [1.165, 1.54) is 25.8 Å². The van der Waals surface area contributed by atoms with Crippen LogP contribution in [0.5, 0.6) is 0 Å². The maximum absolute atomic E-state index is 3.66. The molecular formula is C16H34N2. The van der Waals surface area contributed by atoms with Crippen molar-refractivity contribution in [2.75, 3.05) is 13.6 Å². The van der Waals surface area contributed by atoms with Gasteiger partial charge in [0.1, 0.15) is 0 Å². The van der Waals surface area contributed by atoms with E-state index in [2.05, 4.69) is 58.8 Å². The molecule has 2 heteroatoms. The average Bonchev–Trinajstić information content (AvgIpc) is 2.12. The highest BCUT2D eigenvalue weighted by molar-refractivity contribution is 4.91. The summed E-state index contributed by atoms with van der Waals surface area (Å²) in [7, 11) is 2.32. The predicted molar refractivity (Wildman–Crippen MR) is 80.9 cm³/mol. The van der Waals surface area contributed by atoms with E-state index in [0.717, 1.165) is 17.9 Å². The Morgan fingerprint density at radius 2 is 1.78 bits per heavy atom. The molecular weight excluding hydrogens is 220 g/mol. The zero-order valence-electron chi connectivity index (χ0n) is 13.6. The highest BCUT2D eigenvalue weighted by Gasteiger charge is 2.35. The maximum Gasteiger partial charge on any atom is 0.0135 e. The first-order valence-corrected chi connectivity index (χ1v) is 7.67. The van der Waals surface area contributed by atoms with Crippen LogP contribution in [0, 0.1) is 11.8 Å². The molecule has 0 aromatic rings. The van der Waals surface area contributed by atoms with Gasteiger partial charge in [-0.3, -0.25) is 0 Å². The molecule has 0 heterocycles. The van der Waals surface area contributed by atoms with E-state index in [4.69, 9.17) is 0 Å². The molecule has 1 rings (SSSR count). The highest BCUT2D eigenvalue weighted by Crippen LogP contribution is 2.33. The summed E-state index contributed by atoms with van der Waals surface area (Å²) < 4.78 is 0. The summed E-state index contributed by atoms with van der Waals surface area (Å²) in [5.41, 5.74) is 0.252. The van der Waals surface area contributed by atoms with Gasteiger partial charge in [-0.05, 0) is 72.4 Å². The topological polar surface area (TPSA) is 15.3 Å². The number of nitrogens with zero attached hydrogens (tertiary/aromatic N) is 1. The largest absolute Gasteiger partial charge is 0.312 e. The van der Waals surface area contributed by atoms with Gasteiger partial charge in [0, 0.05) is 17.6 Å². The van der Waals surface area contributed by atoms with Gasteiger partial charge in [-0.2, -0.15) is 0 Å². The van der Waals surface area contributed by atoms with E-state index in [0.29, 0.717) is 6.04 Å². The van der Waals surface area contributed by atoms with Gasteiger partial charge in [-0.15, -0.1) is 0 Å². The number of hydrogen-bond donors (Lipinski definition) is 1. The summed E-state index contributed by atoms with van der Waals surface area (Å²) in [6.45, 7) is 15.0. The second kappa shape index (κ2) is 6.38. The Kier molecular flexibility index (Phi) is 5.67. The molecule has 3 unspecified atom stereocenters. The van der Waals surface area contributed by atoms with Crippen molar-refractivity contribution in [2.24, 2.45) is 11.8 Å². The first-order chi connectivity index (χ1) is 8.20. The summed E-state index contributed by atoms with van der Waals surface area (Å²) in [4.78, 5) is 2.62. The van der Waals surface area contributed by atoms with Gasteiger partial charge < -0.3 is 10.2 Å².